The van der Waals surface area contributed by atoms with Crippen LogP contribution in [0.4, 0.5) is 0 Å². The molecular weight excluding hydrogens is 234 g/mol. The Hall–Kier alpha value is -0.830. The average Bonchev–Trinajstić information content (AvgIpc) is 3.03. The van der Waals surface area contributed by atoms with Gasteiger partial charge >= 0.3 is 0 Å². The van der Waals surface area contributed by atoms with Gasteiger partial charge in [-0.2, -0.15) is 5.10 Å². The minimum Gasteiger partial charge on any atom is -0.313 e. The number of nitrogens with zero attached hydrogens (tertiary/aromatic N) is 2. The monoisotopic (exact) mass is 263 g/mol. The molecule has 0 unspecified atom stereocenters. The van der Waals surface area contributed by atoms with Crippen LogP contribution in [-0.4, -0.2) is 16.3 Å². The van der Waals surface area contributed by atoms with E-state index in [4.69, 9.17) is 5.10 Å². The Kier molecular flexibility index (Phi) is 5.90. The van der Waals surface area contributed by atoms with Gasteiger partial charge in [0, 0.05) is 18.3 Å². The first-order valence-corrected chi connectivity index (χ1v) is 8.06. The lowest BCUT2D eigenvalue weighted by Gasteiger charge is -2.08. The van der Waals surface area contributed by atoms with Crippen LogP contribution >= 0.6 is 0 Å². The van der Waals surface area contributed by atoms with Crippen molar-refractivity contribution in [1.82, 2.24) is 15.1 Å². The van der Waals surface area contributed by atoms with Crippen LogP contribution in [0.1, 0.15) is 75.6 Å². The first-order valence-electron chi connectivity index (χ1n) is 8.06. The maximum absolute atomic E-state index is 4.70. The molecule has 3 nitrogen and oxygen atoms in total. The molecule has 0 saturated heterocycles. The summed E-state index contributed by atoms with van der Waals surface area (Å²) in [4.78, 5) is 0. The Labute approximate surface area is 117 Å². The molecule has 0 amide bonds. The number of rotatable bonds is 8. The van der Waals surface area contributed by atoms with Crippen molar-refractivity contribution < 1.29 is 0 Å². The topological polar surface area (TPSA) is 29.9 Å². The third-order valence-corrected chi connectivity index (χ3v) is 4.24. The SMILES string of the molecule is CCCCCCNCc1cn(C2CCCC2)nc1C. The van der Waals surface area contributed by atoms with Gasteiger partial charge in [-0.25, -0.2) is 0 Å². The smallest absolute Gasteiger partial charge is 0.0638 e. The molecule has 108 valence electrons. The molecule has 1 aromatic heterocycles. The molecule has 1 aromatic rings. The van der Waals surface area contributed by atoms with Gasteiger partial charge in [-0.05, 0) is 32.7 Å². The van der Waals surface area contributed by atoms with Crippen LogP contribution in [-0.2, 0) is 6.54 Å². The van der Waals surface area contributed by atoms with Gasteiger partial charge in [0.1, 0.15) is 0 Å². The van der Waals surface area contributed by atoms with E-state index in [0.717, 1.165) is 13.1 Å². The van der Waals surface area contributed by atoms with Gasteiger partial charge in [0.15, 0.2) is 0 Å². The zero-order valence-electron chi connectivity index (χ0n) is 12.6. The fourth-order valence-electron chi connectivity index (χ4n) is 2.95. The van der Waals surface area contributed by atoms with E-state index >= 15 is 0 Å². The second-order valence-corrected chi connectivity index (χ2v) is 5.90. The van der Waals surface area contributed by atoms with E-state index < -0.39 is 0 Å². The largest absolute Gasteiger partial charge is 0.313 e. The first-order chi connectivity index (χ1) is 9.31. The molecule has 0 aliphatic heterocycles. The molecule has 0 bridgehead atoms. The molecule has 3 heteroatoms. The lowest BCUT2D eigenvalue weighted by Crippen LogP contribution is -2.14. The highest BCUT2D eigenvalue weighted by Gasteiger charge is 2.18. The summed E-state index contributed by atoms with van der Waals surface area (Å²) in [5.41, 5.74) is 2.58. The molecule has 0 atom stereocenters. The van der Waals surface area contributed by atoms with E-state index in [1.165, 1.54) is 62.6 Å². The molecule has 1 saturated carbocycles. The van der Waals surface area contributed by atoms with Gasteiger partial charge in [-0.15, -0.1) is 0 Å². The molecule has 19 heavy (non-hydrogen) atoms. The first kappa shape index (κ1) is 14.6. The molecule has 0 aromatic carbocycles. The minimum atomic E-state index is 0.664. The highest BCUT2D eigenvalue weighted by molar-refractivity contribution is 5.15. The van der Waals surface area contributed by atoms with Gasteiger partial charge < -0.3 is 5.32 Å². The Balaban J connectivity index is 1.74. The van der Waals surface area contributed by atoms with Crippen LogP contribution in [0.25, 0.3) is 0 Å². The van der Waals surface area contributed by atoms with Crippen LogP contribution < -0.4 is 5.32 Å². The minimum absolute atomic E-state index is 0.664. The lowest BCUT2D eigenvalue weighted by molar-refractivity contribution is 0.464. The number of aryl methyl sites for hydroxylation is 1. The Morgan fingerprint density at radius 3 is 2.79 bits per heavy atom. The molecule has 0 spiro atoms. The van der Waals surface area contributed by atoms with E-state index in [1.807, 2.05) is 0 Å². The van der Waals surface area contributed by atoms with Crippen molar-refractivity contribution >= 4 is 0 Å². The Morgan fingerprint density at radius 2 is 2.05 bits per heavy atom. The van der Waals surface area contributed by atoms with Crippen LogP contribution in [0, 0.1) is 6.92 Å². The molecule has 1 aliphatic carbocycles. The standard InChI is InChI=1S/C16H29N3/c1-3-4-5-8-11-17-12-15-13-19(18-14(15)2)16-9-6-7-10-16/h13,16-17H,3-12H2,1-2H3. The van der Waals surface area contributed by atoms with Gasteiger partial charge in [0.25, 0.3) is 0 Å². The number of hydrogen-bond acceptors (Lipinski definition) is 2. The van der Waals surface area contributed by atoms with Gasteiger partial charge in [-0.1, -0.05) is 39.0 Å². The molecule has 1 heterocycles. The summed E-state index contributed by atoms with van der Waals surface area (Å²) in [5, 5.41) is 8.25. The summed E-state index contributed by atoms with van der Waals surface area (Å²) in [7, 11) is 0. The molecule has 0 radical (unpaired) electrons. The van der Waals surface area contributed by atoms with E-state index in [1.54, 1.807) is 0 Å². The van der Waals surface area contributed by atoms with Crippen molar-refractivity contribution in [3.63, 3.8) is 0 Å². The van der Waals surface area contributed by atoms with E-state index in [9.17, 15) is 0 Å². The summed E-state index contributed by atoms with van der Waals surface area (Å²) in [6, 6.07) is 0.664. The van der Waals surface area contributed by atoms with Gasteiger partial charge in [-0.3, -0.25) is 4.68 Å². The summed E-state index contributed by atoms with van der Waals surface area (Å²) in [6.45, 7) is 6.51. The number of aromatic nitrogens is 2. The maximum atomic E-state index is 4.70. The Bertz CT molecular complexity index is 364. The summed E-state index contributed by atoms with van der Waals surface area (Å²) >= 11 is 0. The number of nitrogens with one attached hydrogen (secondary N) is 1. The fraction of sp³-hybridized carbons (Fsp3) is 0.812. The molecule has 1 aliphatic rings. The summed E-state index contributed by atoms with van der Waals surface area (Å²) in [5.74, 6) is 0. The highest BCUT2D eigenvalue weighted by Crippen LogP contribution is 2.29. The molecule has 2 rings (SSSR count). The lowest BCUT2D eigenvalue weighted by atomic mass is 10.2. The van der Waals surface area contributed by atoms with Crippen molar-refractivity contribution in [3.8, 4) is 0 Å². The van der Waals surface area contributed by atoms with Crippen LogP contribution in [0.5, 0.6) is 0 Å². The van der Waals surface area contributed by atoms with Crippen molar-refractivity contribution in [1.29, 1.82) is 0 Å². The van der Waals surface area contributed by atoms with Crippen molar-refractivity contribution in [2.45, 2.75) is 77.8 Å². The molecular formula is C16H29N3. The van der Waals surface area contributed by atoms with E-state index in [0.29, 0.717) is 6.04 Å². The van der Waals surface area contributed by atoms with Crippen molar-refractivity contribution in [2.75, 3.05) is 6.54 Å². The second-order valence-electron chi connectivity index (χ2n) is 5.90. The zero-order chi connectivity index (χ0) is 13.5. The molecule has 1 fully saturated rings. The van der Waals surface area contributed by atoms with E-state index in [-0.39, 0.29) is 0 Å². The van der Waals surface area contributed by atoms with Gasteiger partial charge in [0.2, 0.25) is 0 Å². The predicted octanol–water partition coefficient (Wildman–Crippen LogP) is 3.98. The number of hydrogen-bond donors (Lipinski definition) is 1. The number of unbranched alkanes of at least 4 members (excludes halogenated alkanes) is 3. The van der Waals surface area contributed by atoms with Crippen LogP contribution in [0.3, 0.4) is 0 Å². The molecule has 1 N–H and O–H groups in total. The average molecular weight is 263 g/mol. The van der Waals surface area contributed by atoms with Crippen molar-refractivity contribution in [2.24, 2.45) is 0 Å². The maximum Gasteiger partial charge on any atom is 0.0638 e. The third-order valence-electron chi connectivity index (χ3n) is 4.24. The second kappa shape index (κ2) is 7.68. The Morgan fingerprint density at radius 1 is 1.26 bits per heavy atom. The predicted molar refractivity (Wildman–Crippen MR) is 80.3 cm³/mol. The van der Waals surface area contributed by atoms with Crippen molar-refractivity contribution in [3.05, 3.63) is 17.5 Å². The summed E-state index contributed by atoms with van der Waals surface area (Å²) in [6.07, 6.45) is 12.9. The third kappa shape index (κ3) is 4.34. The normalized spacial score (nSPS) is 16.3. The fourth-order valence-corrected chi connectivity index (χ4v) is 2.95. The zero-order valence-corrected chi connectivity index (χ0v) is 12.6. The summed E-state index contributed by atoms with van der Waals surface area (Å²) < 4.78 is 2.22. The van der Waals surface area contributed by atoms with Crippen LogP contribution in [0.2, 0.25) is 0 Å². The highest BCUT2D eigenvalue weighted by atomic mass is 15.3. The van der Waals surface area contributed by atoms with Crippen LogP contribution in [0.15, 0.2) is 6.20 Å². The quantitative estimate of drug-likeness (QED) is 0.719. The van der Waals surface area contributed by atoms with Gasteiger partial charge in [0.05, 0.1) is 11.7 Å². The van der Waals surface area contributed by atoms with E-state index in [2.05, 4.69) is 30.0 Å².